The molecule has 0 aliphatic carbocycles. The van der Waals surface area contributed by atoms with Gasteiger partial charge in [-0.25, -0.2) is 0 Å². The number of rotatable bonds is 7. The van der Waals surface area contributed by atoms with Crippen LogP contribution in [0.3, 0.4) is 0 Å². The molecule has 2 N–H and O–H groups in total. The predicted molar refractivity (Wildman–Crippen MR) is 77.7 cm³/mol. The lowest BCUT2D eigenvalue weighted by molar-refractivity contribution is -0.384. The highest BCUT2D eigenvalue weighted by Gasteiger charge is 2.14. The van der Waals surface area contributed by atoms with Gasteiger partial charge < -0.3 is 10.6 Å². The summed E-state index contributed by atoms with van der Waals surface area (Å²) in [6, 6.07) is 4.68. The third-order valence-corrected chi connectivity index (χ3v) is 3.06. The van der Waals surface area contributed by atoms with E-state index in [2.05, 4.69) is 10.6 Å². The summed E-state index contributed by atoms with van der Waals surface area (Å²) >= 11 is 0. The van der Waals surface area contributed by atoms with E-state index in [-0.39, 0.29) is 18.1 Å². The Morgan fingerprint density at radius 3 is 2.60 bits per heavy atom. The average molecular weight is 280 g/mol. The second-order valence-corrected chi connectivity index (χ2v) is 4.33. The fraction of sp³-hybridized carbons (Fsp3) is 0.462. The number of nitrogens with zero attached hydrogens (tertiary/aromatic N) is 2. The molecule has 1 aromatic rings. The molecule has 110 valence electrons. The van der Waals surface area contributed by atoms with Crippen molar-refractivity contribution >= 4 is 17.3 Å². The third-order valence-electron chi connectivity index (χ3n) is 3.06. The maximum absolute atomic E-state index is 11.4. The van der Waals surface area contributed by atoms with Gasteiger partial charge in [0.05, 0.1) is 11.5 Å². The van der Waals surface area contributed by atoms with Crippen molar-refractivity contribution in [3.8, 4) is 0 Å². The summed E-state index contributed by atoms with van der Waals surface area (Å²) in [4.78, 5) is 23.8. The molecule has 1 rings (SSSR count). The molecule has 7 nitrogen and oxygen atoms in total. The normalized spacial score (nSPS) is 10.4. The number of anilines is 1. The Balaban J connectivity index is 2.95. The van der Waals surface area contributed by atoms with Gasteiger partial charge in [0.25, 0.3) is 5.69 Å². The molecule has 0 atom stereocenters. The fourth-order valence-corrected chi connectivity index (χ4v) is 1.87. The van der Waals surface area contributed by atoms with Crippen molar-refractivity contribution in [1.29, 1.82) is 0 Å². The van der Waals surface area contributed by atoms with Crippen LogP contribution in [0.2, 0.25) is 0 Å². The first-order valence-electron chi connectivity index (χ1n) is 6.39. The fourth-order valence-electron chi connectivity index (χ4n) is 1.87. The van der Waals surface area contributed by atoms with Crippen LogP contribution >= 0.6 is 0 Å². The highest BCUT2D eigenvalue weighted by molar-refractivity contribution is 5.77. The molecule has 0 spiro atoms. The highest BCUT2D eigenvalue weighted by atomic mass is 16.6. The summed E-state index contributed by atoms with van der Waals surface area (Å²) < 4.78 is 0. The van der Waals surface area contributed by atoms with Gasteiger partial charge >= 0.3 is 0 Å². The van der Waals surface area contributed by atoms with Crippen molar-refractivity contribution in [3.63, 3.8) is 0 Å². The molecule has 0 saturated carbocycles. The van der Waals surface area contributed by atoms with Crippen LogP contribution < -0.4 is 10.6 Å². The summed E-state index contributed by atoms with van der Waals surface area (Å²) in [5, 5.41) is 16.4. The number of nitro groups is 1. The molecule has 0 fully saturated rings. The molecule has 0 aliphatic rings. The van der Waals surface area contributed by atoms with E-state index in [1.54, 1.807) is 26.2 Å². The molecular weight excluding hydrogens is 260 g/mol. The number of hydrogen-bond acceptors (Lipinski definition) is 5. The van der Waals surface area contributed by atoms with E-state index in [0.717, 1.165) is 11.3 Å². The highest BCUT2D eigenvalue weighted by Crippen LogP contribution is 2.23. The first-order valence-corrected chi connectivity index (χ1v) is 6.39. The van der Waals surface area contributed by atoms with E-state index in [1.807, 2.05) is 11.8 Å². The maximum atomic E-state index is 11.4. The molecule has 0 saturated heterocycles. The Labute approximate surface area is 118 Å². The molecule has 0 radical (unpaired) electrons. The summed E-state index contributed by atoms with van der Waals surface area (Å²) in [6.07, 6.45) is 0. The summed E-state index contributed by atoms with van der Waals surface area (Å²) in [5.74, 6) is -0.0803. The summed E-state index contributed by atoms with van der Waals surface area (Å²) in [7, 11) is 3.35. The van der Waals surface area contributed by atoms with Gasteiger partial charge in [-0.15, -0.1) is 0 Å². The Hall–Kier alpha value is -2.15. The van der Waals surface area contributed by atoms with E-state index < -0.39 is 4.92 Å². The minimum absolute atomic E-state index is 0.0509. The van der Waals surface area contributed by atoms with Gasteiger partial charge in [-0.2, -0.15) is 0 Å². The molecule has 0 bridgehead atoms. The molecule has 0 aliphatic heterocycles. The predicted octanol–water partition coefficient (Wildman–Crippen LogP) is 1.20. The molecule has 1 aromatic carbocycles. The smallest absolute Gasteiger partial charge is 0.269 e. The van der Waals surface area contributed by atoms with Crippen molar-refractivity contribution in [3.05, 3.63) is 33.9 Å². The van der Waals surface area contributed by atoms with Gasteiger partial charge in [-0.3, -0.25) is 19.8 Å². The number of benzene rings is 1. The Bertz CT molecular complexity index is 491. The zero-order valence-electron chi connectivity index (χ0n) is 12.0. The molecule has 0 heterocycles. The minimum atomic E-state index is -0.419. The Morgan fingerprint density at radius 1 is 1.40 bits per heavy atom. The summed E-state index contributed by atoms with van der Waals surface area (Å²) in [5.41, 5.74) is 1.67. The second kappa shape index (κ2) is 7.44. The lowest BCUT2D eigenvalue weighted by Crippen LogP contribution is -2.35. The minimum Gasteiger partial charge on any atom is -0.388 e. The average Bonchev–Trinajstić information content (AvgIpc) is 2.45. The third kappa shape index (κ3) is 4.20. The van der Waals surface area contributed by atoms with Crippen molar-refractivity contribution < 1.29 is 9.72 Å². The number of likely N-dealkylation sites (N-methyl/N-ethyl adjacent to an activating group) is 2. The molecule has 20 heavy (non-hydrogen) atoms. The molecule has 1 amide bonds. The monoisotopic (exact) mass is 280 g/mol. The molecule has 0 aromatic heterocycles. The lowest BCUT2D eigenvalue weighted by Gasteiger charge is -2.21. The van der Waals surface area contributed by atoms with Crippen LogP contribution in [0.25, 0.3) is 0 Å². The van der Waals surface area contributed by atoms with Gasteiger partial charge in [0.2, 0.25) is 5.91 Å². The van der Waals surface area contributed by atoms with Crippen LogP contribution in [0.15, 0.2) is 18.2 Å². The number of amides is 1. The van der Waals surface area contributed by atoms with E-state index in [9.17, 15) is 14.9 Å². The molecule has 7 heteroatoms. The van der Waals surface area contributed by atoms with Crippen molar-refractivity contribution in [2.45, 2.75) is 13.5 Å². The topological polar surface area (TPSA) is 87.5 Å². The first-order chi connectivity index (χ1) is 9.51. The number of nitro benzene ring substituents is 1. The molecular formula is C13H20N4O3. The van der Waals surface area contributed by atoms with Crippen LogP contribution in [-0.2, 0) is 11.3 Å². The standard InChI is InChI=1S/C13H20N4O3/c1-4-16(9-13(18)15-3)8-10-7-11(17(19)20)5-6-12(10)14-2/h5-7,14H,4,8-9H2,1-3H3,(H,15,18). The number of non-ortho nitro benzene ring substituents is 1. The zero-order valence-corrected chi connectivity index (χ0v) is 12.0. The van der Waals surface area contributed by atoms with Crippen LogP contribution in [0.4, 0.5) is 11.4 Å². The zero-order chi connectivity index (χ0) is 15.1. The van der Waals surface area contributed by atoms with Crippen LogP contribution in [0.1, 0.15) is 12.5 Å². The van der Waals surface area contributed by atoms with Gasteiger partial charge in [0.15, 0.2) is 0 Å². The van der Waals surface area contributed by atoms with Crippen LogP contribution in [-0.4, -0.2) is 42.9 Å². The van der Waals surface area contributed by atoms with E-state index in [4.69, 9.17) is 0 Å². The van der Waals surface area contributed by atoms with Crippen LogP contribution in [0.5, 0.6) is 0 Å². The summed E-state index contributed by atoms with van der Waals surface area (Å²) in [6.45, 7) is 3.36. The van der Waals surface area contributed by atoms with E-state index in [0.29, 0.717) is 13.1 Å². The number of carbonyl (C=O) groups excluding carboxylic acids is 1. The number of hydrogen-bond donors (Lipinski definition) is 2. The van der Waals surface area contributed by atoms with Gasteiger partial charge in [-0.1, -0.05) is 6.92 Å². The lowest BCUT2D eigenvalue weighted by atomic mass is 10.1. The van der Waals surface area contributed by atoms with E-state index >= 15 is 0 Å². The van der Waals surface area contributed by atoms with Gasteiger partial charge in [-0.05, 0) is 18.2 Å². The first kappa shape index (κ1) is 15.9. The van der Waals surface area contributed by atoms with Crippen molar-refractivity contribution in [1.82, 2.24) is 10.2 Å². The Morgan fingerprint density at radius 2 is 2.10 bits per heavy atom. The number of nitrogens with one attached hydrogen (secondary N) is 2. The maximum Gasteiger partial charge on any atom is 0.269 e. The quantitative estimate of drug-likeness (QED) is 0.579. The molecule has 0 unspecified atom stereocenters. The Kier molecular flexibility index (Phi) is 5.92. The SMILES string of the molecule is CCN(CC(=O)NC)Cc1cc([N+](=O)[O-])ccc1NC. The van der Waals surface area contributed by atoms with Crippen molar-refractivity contribution in [2.24, 2.45) is 0 Å². The van der Waals surface area contributed by atoms with Gasteiger partial charge in [0.1, 0.15) is 0 Å². The largest absolute Gasteiger partial charge is 0.388 e. The van der Waals surface area contributed by atoms with E-state index in [1.165, 1.54) is 6.07 Å². The second-order valence-electron chi connectivity index (χ2n) is 4.33. The van der Waals surface area contributed by atoms with Gasteiger partial charge in [0, 0.05) is 38.5 Å². The van der Waals surface area contributed by atoms with Crippen molar-refractivity contribution in [2.75, 3.05) is 32.5 Å². The van der Waals surface area contributed by atoms with Crippen LogP contribution in [0, 0.1) is 10.1 Å². The number of carbonyl (C=O) groups is 1.